The molecule has 100 valence electrons. The number of aliphatic hydroxyl groups excluding tert-OH is 1. The van der Waals surface area contributed by atoms with Crippen molar-refractivity contribution in [3.8, 4) is 0 Å². The summed E-state index contributed by atoms with van der Waals surface area (Å²) in [5.41, 5.74) is 0.976. The van der Waals surface area contributed by atoms with Gasteiger partial charge in [-0.25, -0.2) is 0 Å². The van der Waals surface area contributed by atoms with Crippen LogP contribution in [-0.2, 0) is 4.74 Å². The molecule has 1 aromatic carbocycles. The van der Waals surface area contributed by atoms with Crippen LogP contribution in [0.25, 0.3) is 10.8 Å². The number of hydrogen-bond donors (Lipinski definition) is 1. The maximum atomic E-state index is 10.4. The highest BCUT2D eigenvalue weighted by Crippen LogP contribution is 2.28. The summed E-state index contributed by atoms with van der Waals surface area (Å²) in [7, 11) is 0. The van der Waals surface area contributed by atoms with Crippen molar-refractivity contribution >= 4 is 10.8 Å². The molecule has 2 atom stereocenters. The van der Waals surface area contributed by atoms with Gasteiger partial charge in [0, 0.05) is 24.4 Å². The molecule has 0 amide bonds. The molecule has 0 saturated carbocycles. The molecule has 1 fully saturated rings. The van der Waals surface area contributed by atoms with E-state index in [-0.39, 0.29) is 0 Å². The van der Waals surface area contributed by atoms with Gasteiger partial charge in [-0.1, -0.05) is 18.2 Å². The van der Waals surface area contributed by atoms with Crippen molar-refractivity contribution in [3.05, 3.63) is 42.2 Å². The first-order valence-corrected chi connectivity index (χ1v) is 6.97. The molecule has 3 rings (SSSR count). The van der Waals surface area contributed by atoms with Crippen molar-refractivity contribution < 1.29 is 9.84 Å². The Labute approximate surface area is 113 Å². The molecular weight excluding hydrogens is 238 g/mol. The van der Waals surface area contributed by atoms with Crippen LogP contribution < -0.4 is 0 Å². The lowest BCUT2D eigenvalue weighted by Crippen LogP contribution is -2.08. The monoisotopic (exact) mass is 257 g/mol. The van der Waals surface area contributed by atoms with Gasteiger partial charge in [0.1, 0.15) is 0 Å². The van der Waals surface area contributed by atoms with E-state index in [1.54, 1.807) is 6.20 Å². The van der Waals surface area contributed by atoms with Gasteiger partial charge in [-0.3, -0.25) is 4.98 Å². The van der Waals surface area contributed by atoms with E-state index in [0.717, 1.165) is 48.6 Å². The first-order chi connectivity index (χ1) is 9.34. The normalized spacial score (nSPS) is 20.8. The Bertz CT molecular complexity index is 544. The third kappa shape index (κ3) is 2.77. The van der Waals surface area contributed by atoms with Crippen LogP contribution in [-0.4, -0.2) is 22.8 Å². The molecule has 0 aliphatic carbocycles. The second-order valence-electron chi connectivity index (χ2n) is 5.17. The number of nitrogens with zero attached hydrogens (tertiary/aromatic N) is 1. The SMILES string of the molecule is OC(CCC1CCCO1)c1cccc2ccncc12. The van der Waals surface area contributed by atoms with E-state index in [4.69, 9.17) is 4.74 Å². The molecule has 0 radical (unpaired) electrons. The molecule has 3 heteroatoms. The molecule has 0 spiro atoms. The zero-order chi connectivity index (χ0) is 13.1. The quantitative estimate of drug-likeness (QED) is 0.914. The summed E-state index contributed by atoms with van der Waals surface area (Å²) in [4.78, 5) is 4.16. The summed E-state index contributed by atoms with van der Waals surface area (Å²) in [6, 6.07) is 8.01. The van der Waals surface area contributed by atoms with E-state index in [1.807, 2.05) is 30.5 Å². The second kappa shape index (κ2) is 5.68. The lowest BCUT2D eigenvalue weighted by molar-refractivity contribution is 0.0815. The van der Waals surface area contributed by atoms with Gasteiger partial charge in [-0.2, -0.15) is 0 Å². The van der Waals surface area contributed by atoms with Crippen molar-refractivity contribution in [3.63, 3.8) is 0 Å². The maximum absolute atomic E-state index is 10.4. The van der Waals surface area contributed by atoms with Crippen LogP contribution in [0.4, 0.5) is 0 Å². The molecule has 1 aliphatic heterocycles. The van der Waals surface area contributed by atoms with E-state index < -0.39 is 6.10 Å². The Morgan fingerprint density at radius 2 is 2.32 bits per heavy atom. The average molecular weight is 257 g/mol. The Hall–Kier alpha value is -1.45. The van der Waals surface area contributed by atoms with E-state index in [2.05, 4.69) is 4.98 Å². The van der Waals surface area contributed by atoms with Crippen molar-refractivity contribution in [2.24, 2.45) is 0 Å². The second-order valence-corrected chi connectivity index (χ2v) is 5.17. The number of pyridine rings is 1. The van der Waals surface area contributed by atoms with Crippen LogP contribution in [0.1, 0.15) is 37.4 Å². The minimum atomic E-state index is -0.433. The predicted molar refractivity (Wildman–Crippen MR) is 74.9 cm³/mol. The van der Waals surface area contributed by atoms with Crippen LogP contribution in [0.15, 0.2) is 36.7 Å². The molecule has 19 heavy (non-hydrogen) atoms. The summed E-state index contributed by atoms with van der Waals surface area (Å²) < 4.78 is 5.60. The van der Waals surface area contributed by atoms with Gasteiger partial charge in [0.25, 0.3) is 0 Å². The van der Waals surface area contributed by atoms with Gasteiger partial charge < -0.3 is 9.84 Å². The average Bonchev–Trinajstić information content (AvgIpc) is 2.97. The fourth-order valence-corrected chi connectivity index (χ4v) is 2.80. The van der Waals surface area contributed by atoms with E-state index in [9.17, 15) is 5.11 Å². The fraction of sp³-hybridized carbons (Fsp3) is 0.438. The summed E-state index contributed by atoms with van der Waals surface area (Å²) in [6.45, 7) is 0.874. The van der Waals surface area contributed by atoms with E-state index in [1.165, 1.54) is 0 Å². The third-order valence-electron chi connectivity index (χ3n) is 3.86. The highest BCUT2D eigenvalue weighted by Gasteiger charge is 2.18. The molecular formula is C16H19NO2. The van der Waals surface area contributed by atoms with Crippen LogP contribution in [0.2, 0.25) is 0 Å². The van der Waals surface area contributed by atoms with Gasteiger partial charge >= 0.3 is 0 Å². The lowest BCUT2D eigenvalue weighted by atomic mass is 9.97. The molecule has 1 N–H and O–H groups in total. The van der Waals surface area contributed by atoms with Crippen molar-refractivity contribution in [1.82, 2.24) is 4.98 Å². The summed E-state index contributed by atoms with van der Waals surface area (Å²) in [5.74, 6) is 0. The van der Waals surface area contributed by atoms with Gasteiger partial charge in [-0.15, -0.1) is 0 Å². The lowest BCUT2D eigenvalue weighted by Gasteiger charge is -2.15. The zero-order valence-electron chi connectivity index (χ0n) is 11.0. The molecule has 1 aliphatic rings. The fourth-order valence-electron chi connectivity index (χ4n) is 2.80. The highest BCUT2D eigenvalue weighted by atomic mass is 16.5. The van der Waals surface area contributed by atoms with E-state index >= 15 is 0 Å². The minimum Gasteiger partial charge on any atom is -0.388 e. The molecule has 2 aromatic rings. The minimum absolute atomic E-state index is 0.336. The Morgan fingerprint density at radius 3 is 3.16 bits per heavy atom. The van der Waals surface area contributed by atoms with Gasteiger partial charge in [0.15, 0.2) is 0 Å². The number of rotatable bonds is 4. The molecule has 1 saturated heterocycles. The number of benzene rings is 1. The smallest absolute Gasteiger partial charge is 0.0797 e. The van der Waals surface area contributed by atoms with Crippen molar-refractivity contribution in [2.75, 3.05) is 6.61 Å². The Kier molecular flexibility index (Phi) is 3.76. The first-order valence-electron chi connectivity index (χ1n) is 6.97. The number of aliphatic hydroxyl groups is 1. The number of fused-ring (bicyclic) bond motifs is 1. The van der Waals surface area contributed by atoms with Crippen LogP contribution >= 0.6 is 0 Å². The predicted octanol–water partition coefficient (Wildman–Crippen LogP) is 3.23. The maximum Gasteiger partial charge on any atom is 0.0797 e. The Morgan fingerprint density at radius 1 is 1.37 bits per heavy atom. The van der Waals surface area contributed by atoms with Gasteiger partial charge in [0.05, 0.1) is 12.2 Å². The van der Waals surface area contributed by atoms with Crippen molar-refractivity contribution in [1.29, 1.82) is 0 Å². The van der Waals surface area contributed by atoms with Crippen molar-refractivity contribution in [2.45, 2.75) is 37.9 Å². The first kappa shape index (κ1) is 12.6. The molecule has 1 aromatic heterocycles. The zero-order valence-corrected chi connectivity index (χ0v) is 11.0. The highest BCUT2D eigenvalue weighted by molar-refractivity contribution is 5.85. The molecule has 3 nitrogen and oxygen atoms in total. The number of hydrogen-bond acceptors (Lipinski definition) is 3. The Balaban J connectivity index is 1.75. The largest absolute Gasteiger partial charge is 0.388 e. The summed E-state index contributed by atoms with van der Waals surface area (Å²) in [5, 5.41) is 12.6. The molecule has 2 unspecified atom stereocenters. The van der Waals surface area contributed by atoms with E-state index in [0.29, 0.717) is 6.10 Å². The van der Waals surface area contributed by atoms with Crippen LogP contribution in [0, 0.1) is 0 Å². The van der Waals surface area contributed by atoms with Crippen LogP contribution in [0.3, 0.4) is 0 Å². The number of aromatic nitrogens is 1. The molecule has 2 heterocycles. The standard InChI is InChI=1S/C16H19NO2/c18-16(7-6-13-4-2-10-19-13)14-5-1-3-12-8-9-17-11-15(12)14/h1,3,5,8-9,11,13,16,18H,2,4,6-7,10H2. The summed E-state index contributed by atoms with van der Waals surface area (Å²) >= 11 is 0. The van der Waals surface area contributed by atoms with Gasteiger partial charge in [0.2, 0.25) is 0 Å². The summed E-state index contributed by atoms with van der Waals surface area (Å²) in [6.07, 6.45) is 7.48. The van der Waals surface area contributed by atoms with Crippen LogP contribution in [0.5, 0.6) is 0 Å². The van der Waals surface area contributed by atoms with Gasteiger partial charge in [-0.05, 0) is 42.7 Å². The topological polar surface area (TPSA) is 42.4 Å². The number of ether oxygens (including phenoxy) is 1. The molecule has 0 bridgehead atoms. The third-order valence-corrected chi connectivity index (χ3v) is 3.86.